The Bertz CT molecular complexity index is 525. The smallest absolute Gasteiger partial charge is 0.338 e. The lowest BCUT2D eigenvalue weighted by Crippen LogP contribution is -2.30. The molecule has 108 valence electrons. The molecule has 6 heteroatoms. The Kier molecular flexibility index (Phi) is 4.13. The van der Waals surface area contributed by atoms with Crippen molar-refractivity contribution in [3.63, 3.8) is 0 Å². The molecule has 3 nitrogen and oxygen atoms in total. The highest BCUT2D eigenvalue weighted by Crippen LogP contribution is 2.29. The number of nitrogens with zero attached hydrogens (tertiary/aromatic N) is 1. The van der Waals surface area contributed by atoms with E-state index in [4.69, 9.17) is 5.73 Å². The molecule has 1 aromatic rings. The molecule has 1 unspecified atom stereocenters. The number of rotatable bonds is 2. The van der Waals surface area contributed by atoms with Crippen molar-refractivity contribution in [3.05, 3.63) is 41.5 Å². The third kappa shape index (κ3) is 3.60. The van der Waals surface area contributed by atoms with Gasteiger partial charge in [-0.25, -0.2) is 0 Å². The van der Waals surface area contributed by atoms with Gasteiger partial charge in [-0.1, -0.05) is 12.1 Å². The molecule has 0 bridgehead atoms. The van der Waals surface area contributed by atoms with E-state index in [1.165, 1.54) is 24.3 Å². The fraction of sp³-hybridized carbons (Fsp3) is 0.357. The molecule has 1 aromatic carbocycles. The molecule has 0 spiro atoms. The minimum absolute atomic E-state index is 0.0130. The van der Waals surface area contributed by atoms with Crippen LogP contribution in [0, 0.1) is 0 Å². The molecule has 2 rings (SSSR count). The summed E-state index contributed by atoms with van der Waals surface area (Å²) >= 11 is 0. The third-order valence-corrected chi connectivity index (χ3v) is 3.17. The second-order valence-electron chi connectivity index (χ2n) is 4.79. The fourth-order valence-electron chi connectivity index (χ4n) is 2.08. The highest BCUT2D eigenvalue weighted by Gasteiger charge is 2.30. The lowest BCUT2D eigenvalue weighted by Gasteiger charge is -2.12. The molecule has 1 heterocycles. The number of hydrogen-bond acceptors (Lipinski definition) is 2. The lowest BCUT2D eigenvalue weighted by atomic mass is 10.1. The molecule has 1 aliphatic heterocycles. The summed E-state index contributed by atoms with van der Waals surface area (Å²) in [5.74, 6) is -0.227. The Morgan fingerprint density at radius 3 is 2.75 bits per heavy atom. The third-order valence-electron chi connectivity index (χ3n) is 3.17. The van der Waals surface area contributed by atoms with Gasteiger partial charge < -0.3 is 10.6 Å². The maximum Gasteiger partial charge on any atom is 0.416 e. The first-order chi connectivity index (χ1) is 9.36. The van der Waals surface area contributed by atoms with E-state index >= 15 is 0 Å². The van der Waals surface area contributed by atoms with Crippen molar-refractivity contribution in [2.45, 2.75) is 18.6 Å². The number of hydrogen-bond donors (Lipinski definition) is 1. The number of carbonyl (C=O) groups excluding carboxylic acids is 1. The van der Waals surface area contributed by atoms with E-state index in [0.717, 1.165) is 18.6 Å². The van der Waals surface area contributed by atoms with Crippen LogP contribution in [0.15, 0.2) is 30.3 Å². The number of halogens is 3. The number of nitrogens with two attached hydrogens (primary N) is 1. The Hall–Kier alpha value is -1.82. The van der Waals surface area contributed by atoms with Crippen LogP contribution in [0.5, 0.6) is 0 Å². The average molecular weight is 284 g/mol. The van der Waals surface area contributed by atoms with Crippen LogP contribution >= 0.6 is 0 Å². The minimum atomic E-state index is -4.38. The van der Waals surface area contributed by atoms with Gasteiger partial charge in [-0.15, -0.1) is 0 Å². The summed E-state index contributed by atoms with van der Waals surface area (Å²) in [6.07, 6.45) is -0.951. The van der Waals surface area contributed by atoms with E-state index in [-0.39, 0.29) is 11.9 Å². The van der Waals surface area contributed by atoms with Crippen LogP contribution in [0.3, 0.4) is 0 Å². The predicted octanol–water partition coefficient (Wildman–Crippen LogP) is 2.28. The van der Waals surface area contributed by atoms with E-state index in [1.54, 1.807) is 4.90 Å². The Morgan fingerprint density at radius 2 is 2.15 bits per heavy atom. The van der Waals surface area contributed by atoms with Crippen molar-refractivity contribution in [1.82, 2.24) is 4.90 Å². The molecule has 0 aromatic heterocycles. The van der Waals surface area contributed by atoms with Crippen molar-refractivity contribution in [1.29, 1.82) is 0 Å². The highest BCUT2D eigenvalue weighted by atomic mass is 19.4. The van der Waals surface area contributed by atoms with E-state index in [1.807, 2.05) is 0 Å². The lowest BCUT2D eigenvalue weighted by molar-refractivity contribution is -0.137. The molecule has 1 aliphatic rings. The number of alkyl halides is 3. The second-order valence-corrected chi connectivity index (χ2v) is 4.79. The molecule has 1 fully saturated rings. The number of carbonyl (C=O) groups is 1. The van der Waals surface area contributed by atoms with Crippen LogP contribution in [-0.4, -0.2) is 29.9 Å². The summed E-state index contributed by atoms with van der Waals surface area (Å²) in [7, 11) is 0. The molecular weight excluding hydrogens is 269 g/mol. The largest absolute Gasteiger partial charge is 0.416 e. The minimum Gasteiger partial charge on any atom is -0.338 e. The zero-order chi connectivity index (χ0) is 14.8. The zero-order valence-corrected chi connectivity index (χ0v) is 10.7. The number of likely N-dealkylation sites (tertiary alicyclic amines) is 1. The summed E-state index contributed by atoms with van der Waals surface area (Å²) in [6, 6.07) is 4.84. The Morgan fingerprint density at radius 1 is 1.40 bits per heavy atom. The van der Waals surface area contributed by atoms with Gasteiger partial charge >= 0.3 is 6.18 Å². The summed E-state index contributed by atoms with van der Waals surface area (Å²) in [6.45, 7) is 1.08. The first-order valence-corrected chi connectivity index (χ1v) is 6.26. The van der Waals surface area contributed by atoms with Gasteiger partial charge in [-0.3, -0.25) is 4.79 Å². The van der Waals surface area contributed by atoms with Gasteiger partial charge in [0, 0.05) is 25.2 Å². The molecular formula is C14H15F3N2O. The molecule has 1 amide bonds. The van der Waals surface area contributed by atoms with Gasteiger partial charge in [0.15, 0.2) is 0 Å². The SMILES string of the molecule is NC1CCN(C(=O)C=Cc2cccc(C(F)(F)F)c2)C1. The quantitative estimate of drug-likeness (QED) is 0.847. The van der Waals surface area contributed by atoms with E-state index in [2.05, 4.69) is 0 Å². The second kappa shape index (κ2) is 5.66. The molecule has 1 atom stereocenters. The van der Waals surface area contributed by atoms with Crippen molar-refractivity contribution < 1.29 is 18.0 Å². The maximum atomic E-state index is 12.5. The van der Waals surface area contributed by atoms with E-state index in [9.17, 15) is 18.0 Å². The van der Waals surface area contributed by atoms with Crippen LogP contribution in [0.4, 0.5) is 13.2 Å². The van der Waals surface area contributed by atoms with E-state index < -0.39 is 11.7 Å². The molecule has 0 aliphatic carbocycles. The predicted molar refractivity (Wildman–Crippen MR) is 69.7 cm³/mol. The van der Waals surface area contributed by atoms with Crippen molar-refractivity contribution >= 4 is 12.0 Å². The summed E-state index contributed by atoms with van der Waals surface area (Å²) in [5, 5.41) is 0. The summed E-state index contributed by atoms with van der Waals surface area (Å²) in [5.41, 5.74) is 5.31. The Labute approximate surface area is 114 Å². The van der Waals surface area contributed by atoms with Gasteiger partial charge in [-0.2, -0.15) is 13.2 Å². The van der Waals surface area contributed by atoms with Gasteiger partial charge in [0.05, 0.1) is 5.56 Å². The topological polar surface area (TPSA) is 46.3 Å². The normalized spacial score (nSPS) is 19.8. The first-order valence-electron chi connectivity index (χ1n) is 6.26. The number of benzene rings is 1. The van der Waals surface area contributed by atoms with Gasteiger partial charge in [-0.05, 0) is 30.2 Å². The summed E-state index contributed by atoms with van der Waals surface area (Å²) < 4.78 is 37.6. The average Bonchev–Trinajstić information content (AvgIpc) is 2.82. The van der Waals surface area contributed by atoms with Crippen LogP contribution in [-0.2, 0) is 11.0 Å². The fourth-order valence-corrected chi connectivity index (χ4v) is 2.08. The molecule has 2 N–H and O–H groups in total. The zero-order valence-electron chi connectivity index (χ0n) is 10.7. The molecule has 1 saturated heterocycles. The Balaban J connectivity index is 2.06. The van der Waals surface area contributed by atoms with Gasteiger partial charge in [0.1, 0.15) is 0 Å². The van der Waals surface area contributed by atoms with Crippen molar-refractivity contribution in [2.24, 2.45) is 5.73 Å². The summed E-state index contributed by atoms with van der Waals surface area (Å²) in [4.78, 5) is 13.4. The van der Waals surface area contributed by atoms with Crippen molar-refractivity contribution in [3.8, 4) is 0 Å². The number of amides is 1. The monoisotopic (exact) mass is 284 g/mol. The van der Waals surface area contributed by atoms with E-state index in [0.29, 0.717) is 18.7 Å². The van der Waals surface area contributed by atoms with Crippen LogP contribution < -0.4 is 5.73 Å². The van der Waals surface area contributed by atoms with Crippen LogP contribution in [0.25, 0.3) is 6.08 Å². The van der Waals surface area contributed by atoms with Gasteiger partial charge in [0.2, 0.25) is 5.91 Å². The molecule has 0 radical (unpaired) electrons. The van der Waals surface area contributed by atoms with Crippen LogP contribution in [0.1, 0.15) is 17.5 Å². The molecule has 20 heavy (non-hydrogen) atoms. The van der Waals surface area contributed by atoms with Crippen LogP contribution in [0.2, 0.25) is 0 Å². The molecule has 0 saturated carbocycles. The van der Waals surface area contributed by atoms with Gasteiger partial charge in [0.25, 0.3) is 0 Å². The first kappa shape index (κ1) is 14.6. The highest BCUT2D eigenvalue weighted by molar-refractivity contribution is 5.92. The van der Waals surface area contributed by atoms with Crippen molar-refractivity contribution in [2.75, 3.05) is 13.1 Å². The maximum absolute atomic E-state index is 12.5. The standard InChI is InChI=1S/C14H15F3N2O/c15-14(16,17)11-3-1-2-10(8-11)4-5-13(20)19-7-6-12(18)9-19/h1-5,8,12H,6-7,9,18H2.